The number of nitrogens with zero attached hydrogens (tertiary/aromatic N) is 1. The highest BCUT2D eigenvalue weighted by atomic mass is 16.5. The topological polar surface area (TPSA) is 89.0 Å². The van der Waals surface area contributed by atoms with Gasteiger partial charge >= 0.3 is 11.8 Å². The fourth-order valence-electron chi connectivity index (χ4n) is 2.24. The lowest BCUT2D eigenvalue weighted by Gasteiger charge is -2.13. The molecule has 0 saturated carbocycles. The van der Waals surface area contributed by atoms with Crippen molar-refractivity contribution < 1.29 is 19.1 Å². The summed E-state index contributed by atoms with van der Waals surface area (Å²) in [7, 11) is 3.07. The van der Waals surface area contributed by atoms with Crippen LogP contribution in [-0.4, -0.2) is 32.2 Å². The normalized spacial score (nSPS) is 11.7. The molecular formula is C19H21N3O4. The molecule has 0 saturated heterocycles. The van der Waals surface area contributed by atoms with Crippen molar-refractivity contribution in [3.63, 3.8) is 0 Å². The number of hydrogen-bond acceptors (Lipinski definition) is 5. The number of amides is 2. The molecule has 0 spiro atoms. The molecule has 0 aromatic heterocycles. The summed E-state index contributed by atoms with van der Waals surface area (Å²) in [6, 6.07) is 14.2. The zero-order valence-corrected chi connectivity index (χ0v) is 14.9. The first-order valence-corrected chi connectivity index (χ1v) is 7.96. The molecule has 2 aromatic rings. The van der Waals surface area contributed by atoms with Crippen LogP contribution in [0.15, 0.2) is 53.6 Å². The van der Waals surface area contributed by atoms with E-state index in [-0.39, 0.29) is 6.04 Å². The van der Waals surface area contributed by atoms with Crippen LogP contribution in [0.5, 0.6) is 11.5 Å². The van der Waals surface area contributed by atoms with Gasteiger partial charge in [0.05, 0.1) is 26.5 Å². The molecule has 0 fully saturated rings. The Hall–Kier alpha value is -3.35. The first kappa shape index (κ1) is 19.0. The number of nitrogens with one attached hydrogen (secondary N) is 2. The highest BCUT2D eigenvalue weighted by Crippen LogP contribution is 2.26. The van der Waals surface area contributed by atoms with Crippen molar-refractivity contribution in [2.75, 3.05) is 14.2 Å². The van der Waals surface area contributed by atoms with Crippen LogP contribution in [0.1, 0.15) is 24.1 Å². The van der Waals surface area contributed by atoms with E-state index in [1.165, 1.54) is 13.3 Å². The molecular weight excluding hydrogens is 334 g/mol. The lowest BCUT2D eigenvalue weighted by atomic mass is 10.1. The second-order valence-electron chi connectivity index (χ2n) is 5.42. The Kier molecular flexibility index (Phi) is 6.73. The Morgan fingerprint density at radius 2 is 1.69 bits per heavy atom. The maximum Gasteiger partial charge on any atom is 0.329 e. The van der Waals surface area contributed by atoms with Gasteiger partial charge in [-0.15, -0.1) is 0 Å². The van der Waals surface area contributed by atoms with Crippen LogP contribution in [0.25, 0.3) is 0 Å². The van der Waals surface area contributed by atoms with Gasteiger partial charge in [-0.25, -0.2) is 5.43 Å². The second-order valence-corrected chi connectivity index (χ2v) is 5.42. The highest BCUT2D eigenvalue weighted by molar-refractivity contribution is 6.35. The maximum atomic E-state index is 11.9. The van der Waals surface area contributed by atoms with Gasteiger partial charge in [-0.3, -0.25) is 9.59 Å². The van der Waals surface area contributed by atoms with Crippen molar-refractivity contribution >= 4 is 18.0 Å². The largest absolute Gasteiger partial charge is 0.493 e. The Labute approximate surface area is 152 Å². The van der Waals surface area contributed by atoms with Crippen molar-refractivity contribution in [1.29, 1.82) is 0 Å². The second kappa shape index (κ2) is 9.22. The Morgan fingerprint density at radius 1 is 1.00 bits per heavy atom. The predicted octanol–water partition coefficient (Wildman–Crippen LogP) is 2.03. The van der Waals surface area contributed by atoms with Crippen LogP contribution < -0.4 is 20.2 Å². The van der Waals surface area contributed by atoms with E-state index in [1.54, 1.807) is 32.2 Å². The third-order valence-electron chi connectivity index (χ3n) is 3.64. The van der Waals surface area contributed by atoms with Crippen molar-refractivity contribution in [1.82, 2.24) is 10.7 Å². The maximum absolute atomic E-state index is 11.9. The van der Waals surface area contributed by atoms with Crippen molar-refractivity contribution in [3.8, 4) is 11.5 Å². The summed E-state index contributed by atoms with van der Waals surface area (Å²) in [5.74, 6) is -0.476. The minimum atomic E-state index is -0.843. The SMILES string of the molecule is COc1ccc(/C=N\NC(=O)C(=O)NC(C)c2ccccc2)cc1OC. The number of rotatable bonds is 6. The Morgan fingerprint density at radius 3 is 2.35 bits per heavy atom. The van der Waals surface area contributed by atoms with Gasteiger partial charge in [-0.2, -0.15) is 5.10 Å². The van der Waals surface area contributed by atoms with Gasteiger partial charge in [-0.1, -0.05) is 30.3 Å². The molecule has 7 heteroatoms. The lowest BCUT2D eigenvalue weighted by Crippen LogP contribution is -2.39. The summed E-state index contributed by atoms with van der Waals surface area (Å²) in [6.07, 6.45) is 1.41. The Bertz CT molecular complexity index is 791. The smallest absolute Gasteiger partial charge is 0.329 e. The molecule has 0 aliphatic heterocycles. The van der Waals surface area contributed by atoms with Gasteiger partial charge in [-0.05, 0) is 36.2 Å². The Balaban J connectivity index is 1.91. The first-order valence-electron chi connectivity index (χ1n) is 7.96. The van der Waals surface area contributed by atoms with Gasteiger partial charge in [0.1, 0.15) is 0 Å². The summed E-state index contributed by atoms with van der Waals surface area (Å²) in [6.45, 7) is 1.80. The molecule has 0 radical (unpaired) electrons. The number of hydrazone groups is 1. The minimum Gasteiger partial charge on any atom is -0.493 e. The van der Waals surface area contributed by atoms with E-state index in [0.29, 0.717) is 17.1 Å². The number of carbonyl (C=O) groups is 2. The van der Waals surface area contributed by atoms with E-state index in [2.05, 4.69) is 15.8 Å². The standard InChI is InChI=1S/C19H21N3O4/c1-13(15-7-5-4-6-8-15)21-18(23)19(24)22-20-12-14-9-10-16(25-2)17(11-14)26-3/h4-13H,1-3H3,(H,21,23)(H,22,24)/b20-12-. The van der Waals surface area contributed by atoms with Crippen LogP contribution in [0, 0.1) is 0 Å². The molecule has 0 aliphatic rings. The minimum absolute atomic E-state index is 0.288. The summed E-state index contributed by atoms with van der Waals surface area (Å²) in [5, 5.41) is 6.41. The van der Waals surface area contributed by atoms with E-state index in [4.69, 9.17) is 9.47 Å². The number of hydrogen-bond donors (Lipinski definition) is 2. The molecule has 1 unspecified atom stereocenters. The fourth-order valence-corrected chi connectivity index (χ4v) is 2.24. The van der Waals surface area contributed by atoms with Gasteiger partial charge < -0.3 is 14.8 Å². The van der Waals surface area contributed by atoms with E-state index < -0.39 is 11.8 Å². The van der Waals surface area contributed by atoms with Crippen molar-refractivity contribution in [2.24, 2.45) is 5.10 Å². The van der Waals surface area contributed by atoms with E-state index in [9.17, 15) is 9.59 Å². The number of ether oxygens (including phenoxy) is 2. The molecule has 136 valence electrons. The molecule has 26 heavy (non-hydrogen) atoms. The number of carbonyl (C=O) groups excluding carboxylic acids is 2. The van der Waals surface area contributed by atoms with Crippen LogP contribution in [0.4, 0.5) is 0 Å². The molecule has 7 nitrogen and oxygen atoms in total. The van der Waals surface area contributed by atoms with Gasteiger partial charge in [0.25, 0.3) is 0 Å². The average molecular weight is 355 g/mol. The third-order valence-corrected chi connectivity index (χ3v) is 3.64. The average Bonchev–Trinajstić information content (AvgIpc) is 2.68. The quantitative estimate of drug-likeness (QED) is 0.471. The van der Waals surface area contributed by atoms with Gasteiger partial charge in [0.15, 0.2) is 11.5 Å². The summed E-state index contributed by atoms with van der Waals surface area (Å²) >= 11 is 0. The third kappa shape index (κ3) is 5.07. The summed E-state index contributed by atoms with van der Waals surface area (Å²) in [5.41, 5.74) is 3.79. The lowest BCUT2D eigenvalue weighted by molar-refractivity contribution is -0.139. The van der Waals surface area contributed by atoms with Gasteiger partial charge in [0.2, 0.25) is 0 Å². The van der Waals surface area contributed by atoms with E-state index >= 15 is 0 Å². The zero-order chi connectivity index (χ0) is 18.9. The number of benzene rings is 2. The number of methoxy groups -OCH3 is 2. The fraction of sp³-hybridized carbons (Fsp3) is 0.211. The molecule has 2 N–H and O–H groups in total. The summed E-state index contributed by atoms with van der Waals surface area (Å²) in [4.78, 5) is 23.8. The predicted molar refractivity (Wildman–Crippen MR) is 98.3 cm³/mol. The van der Waals surface area contributed by atoms with Crippen molar-refractivity contribution in [3.05, 3.63) is 59.7 Å². The molecule has 2 rings (SSSR count). The molecule has 0 aliphatic carbocycles. The van der Waals surface area contributed by atoms with Crippen LogP contribution >= 0.6 is 0 Å². The molecule has 0 heterocycles. The molecule has 2 aromatic carbocycles. The monoisotopic (exact) mass is 355 g/mol. The van der Waals surface area contributed by atoms with Crippen molar-refractivity contribution in [2.45, 2.75) is 13.0 Å². The van der Waals surface area contributed by atoms with E-state index in [0.717, 1.165) is 5.56 Å². The summed E-state index contributed by atoms with van der Waals surface area (Å²) < 4.78 is 10.3. The van der Waals surface area contributed by atoms with Crippen LogP contribution in [-0.2, 0) is 9.59 Å². The van der Waals surface area contributed by atoms with Crippen LogP contribution in [0.2, 0.25) is 0 Å². The first-order chi connectivity index (χ1) is 12.5. The van der Waals surface area contributed by atoms with Crippen LogP contribution in [0.3, 0.4) is 0 Å². The molecule has 1 atom stereocenters. The highest BCUT2D eigenvalue weighted by Gasteiger charge is 2.16. The van der Waals surface area contributed by atoms with E-state index in [1.807, 2.05) is 30.3 Å². The molecule has 0 bridgehead atoms. The van der Waals surface area contributed by atoms with Gasteiger partial charge in [0, 0.05) is 0 Å². The molecule has 2 amide bonds. The zero-order valence-electron chi connectivity index (χ0n) is 14.9.